The molecule has 1 aromatic carbocycles. The predicted molar refractivity (Wildman–Crippen MR) is 194 cm³/mol. The number of hydrogen-bond acceptors (Lipinski definition) is 4. The summed E-state index contributed by atoms with van der Waals surface area (Å²) in [5, 5.41) is 0. The van der Waals surface area contributed by atoms with E-state index in [4.69, 9.17) is 9.47 Å². The fourth-order valence-corrected chi connectivity index (χ4v) is 5.96. The lowest BCUT2D eigenvalue weighted by atomic mass is 10.1. The van der Waals surface area contributed by atoms with Crippen molar-refractivity contribution in [1.82, 2.24) is 0 Å². The molecule has 0 aliphatic heterocycles. The van der Waals surface area contributed by atoms with Crippen molar-refractivity contribution in [3.8, 4) is 0 Å². The van der Waals surface area contributed by atoms with Gasteiger partial charge >= 0.3 is 11.9 Å². The quantitative estimate of drug-likeness (QED) is 0.0474. The first-order chi connectivity index (χ1) is 22.1. The summed E-state index contributed by atoms with van der Waals surface area (Å²) < 4.78 is 12.8. The Hall–Kier alpha value is -1.92. The Labute approximate surface area is 284 Å². The Morgan fingerprint density at radius 3 is 0.978 bits per heavy atom. The first kappa shape index (κ1) is 42.1. The molecule has 1 aromatic rings. The van der Waals surface area contributed by atoms with Crippen molar-refractivity contribution in [2.24, 2.45) is 0 Å². The van der Waals surface area contributed by atoms with Crippen LogP contribution in [0.15, 0.2) is 24.3 Å². The first-order valence-corrected chi connectivity index (χ1v) is 19.2. The molecule has 0 spiro atoms. The van der Waals surface area contributed by atoms with Gasteiger partial charge in [-0.3, -0.25) is 0 Å². The lowest BCUT2D eigenvalue weighted by Crippen LogP contribution is -2.43. The van der Waals surface area contributed by atoms with Crippen LogP contribution < -0.4 is 0 Å². The number of ether oxygens (including phenoxy) is 2. The van der Waals surface area contributed by atoms with Crippen molar-refractivity contribution in [1.29, 1.82) is 0 Å². The van der Waals surface area contributed by atoms with E-state index >= 15 is 0 Å². The van der Waals surface area contributed by atoms with Gasteiger partial charge in [-0.05, 0) is 49.9 Å². The molecule has 6 nitrogen and oxygen atoms in total. The second-order valence-corrected chi connectivity index (χ2v) is 15.0. The van der Waals surface area contributed by atoms with E-state index in [1.165, 1.54) is 128 Å². The van der Waals surface area contributed by atoms with Crippen LogP contribution in [-0.2, 0) is 9.47 Å². The van der Waals surface area contributed by atoms with Crippen LogP contribution >= 0.6 is 0 Å². The van der Waals surface area contributed by atoms with Crippen molar-refractivity contribution in [2.75, 3.05) is 67.6 Å². The summed E-state index contributed by atoms with van der Waals surface area (Å²) in [6.45, 7) is 9.10. The van der Waals surface area contributed by atoms with Crippen LogP contribution in [0.1, 0.15) is 163 Å². The van der Waals surface area contributed by atoms with Crippen LogP contribution in [0.3, 0.4) is 0 Å². The smallest absolute Gasteiger partial charge is 0.338 e. The Morgan fingerprint density at radius 1 is 0.435 bits per heavy atom. The fraction of sp³-hybridized carbons (Fsp3) is 0.800. The number of unbranched alkanes of at least 4 members (excludes halogenated alkanes) is 18. The lowest BCUT2D eigenvalue weighted by molar-refractivity contribution is -0.890. The van der Waals surface area contributed by atoms with Gasteiger partial charge in [-0.1, -0.05) is 117 Å². The number of esters is 2. The van der Waals surface area contributed by atoms with Gasteiger partial charge in [-0.25, -0.2) is 9.59 Å². The van der Waals surface area contributed by atoms with Gasteiger partial charge in [-0.2, -0.15) is 0 Å². The van der Waals surface area contributed by atoms with E-state index in [0.29, 0.717) is 24.3 Å². The number of hydrogen-bond donors (Lipinski definition) is 0. The van der Waals surface area contributed by atoms with E-state index < -0.39 is 0 Å². The summed E-state index contributed by atoms with van der Waals surface area (Å²) in [5.74, 6) is -0.685. The lowest BCUT2D eigenvalue weighted by Gasteiger charge is -2.29. The van der Waals surface area contributed by atoms with Gasteiger partial charge in [-0.15, -0.1) is 0 Å². The third kappa shape index (κ3) is 22.6. The molecule has 0 atom stereocenters. The van der Waals surface area contributed by atoms with Crippen LogP contribution in [-0.4, -0.2) is 88.5 Å². The van der Waals surface area contributed by atoms with E-state index in [1.807, 2.05) is 0 Å². The molecule has 46 heavy (non-hydrogen) atoms. The van der Waals surface area contributed by atoms with Gasteiger partial charge in [0.1, 0.15) is 26.3 Å². The second-order valence-electron chi connectivity index (χ2n) is 15.0. The molecule has 0 aliphatic carbocycles. The molecule has 0 heterocycles. The molecule has 0 saturated carbocycles. The summed E-state index contributed by atoms with van der Waals surface area (Å²) in [4.78, 5) is 25.2. The number of carbonyl (C=O) groups excluding carboxylic acids is 2. The van der Waals surface area contributed by atoms with Crippen molar-refractivity contribution < 1.29 is 28.0 Å². The predicted octanol–water partition coefficient (Wildman–Crippen LogP) is 9.99. The molecule has 0 radical (unpaired) electrons. The Morgan fingerprint density at radius 2 is 0.696 bits per heavy atom. The number of nitrogens with zero attached hydrogens (tertiary/aromatic N) is 2. The van der Waals surface area contributed by atoms with Gasteiger partial charge in [0, 0.05) is 0 Å². The van der Waals surface area contributed by atoms with Crippen LogP contribution in [0.5, 0.6) is 0 Å². The number of quaternary nitrogens is 2. The maximum absolute atomic E-state index is 12.6. The van der Waals surface area contributed by atoms with E-state index in [2.05, 4.69) is 42.0 Å². The maximum atomic E-state index is 12.6. The molecule has 0 bridgehead atoms. The zero-order valence-electron chi connectivity index (χ0n) is 31.2. The Balaban J connectivity index is 2.19. The topological polar surface area (TPSA) is 52.6 Å². The normalized spacial score (nSPS) is 12.0. The third-order valence-corrected chi connectivity index (χ3v) is 9.45. The van der Waals surface area contributed by atoms with Gasteiger partial charge < -0.3 is 18.4 Å². The molecule has 0 fully saturated rings. The summed E-state index contributed by atoms with van der Waals surface area (Å²) in [6, 6.07) is 6.64. The van der Waals surface area contributed by atoms with Crippen LogP contribution in [0.25, 0.3) is 0 Å². The first-order valence-electron chi connectivity index (χ1n) is 19.2. The standard InChI is InChI=1S/C40H74N2O4/c1-7-9-11-13-15-17-19-21-23-25-31-41(3,4)33-35-45-39(43)37-27-29-38(30-28-37)40(44)46-36-34-42(5,6)32-26-24-22-20-18-16-14-12-10-8-2/h27-30H,7-26,31-36H2,1-6H3/q+2. The van der Waals surface area contributed by atoms with E-state index in [-0.39, 0.29) is 11.9 Å². The highest BCUT2D eigenvalue weighted by Crippen LogP contribution is 2.14. The van der Waals surface area contributed by atoms with Gasteiger partial charge in [0.05, 0.1) is 52.4 Å². The molecule has 1 rings (SSSR count). The minimum Gasteiger partial charge on any atom is -0.456 e. The SMILES string of the molecule is CCCCCCCCCCCC[N+](C)(C)CCOC(=O)c1ccc(C(=O)OCC[N+](C)(C)CCCCCCCCCCCC)cc1. The molecule has 0 aliphatic rings. The maximum Gasteiger partial charge on any atom is 0.338 e. The second kappa shape index (κ2) is 26.1. The summed E-state index contributed by atoms with van der Waals surface area (Å²) in [5.41, 5.74) is 0.927. The summed E-state index contributed by atoms with van der Waals surface area (Å²) in [7, 11) is 8.83. The molecule has 0 saturated heterocycles. The van der Waals surface area contributed by atoms with Gasteiger partial charge in [0.2, 0.25) is 0 Å². The molecular formula is C40H74N2O4+2. The summed E-state index contributed by atoms with van der Waals surface area (Å²) in [6.07, 6.45) is 26.8. The molecule has 266 valence electrons. The van der Waals surface area contributed by atoms with Crippen molar-refractivity contribution in [3.63, 3.8) is 0 Å². The monoisotopic (exact) mass is 647 g/mol. The highest BCUT2D eigenvalue weighted by atomic mass is 16.5. The van der Waals surface area contributed by atoms with Crippen molar-refractivity contribution >= 4 is 11.9 Å². The number of benzene rings is 1. The number of rotatable bonds is 30. The average Bonchev–Trinajstić information content (AvgIpc) is 3.02. The molecule has 6 heteroatoms. The number of carbonyl (C=O) groups is 2. The zero-order valence-corrected chi connectivity index (χ0v) is 31.2. The zero-order chi connectivity index (χ0) is 33.9. The van der Waals surface area contributed by atoms with E-state index in [9.17, 15) is 9.59 Å². The van der Waals surface area contributed by atoms with Crippen LogP contribution in [0.4, 0.5) is 0 Å². The Kier molecular flexibility index (Phi) is 23.9. The molecular weight excluding hydrogens is 572 g/mol. The highest BCUT2D eigenvalue weighted by molar-refractivity contribution is 5.93. The van der Waals surface area contributed by atoms with Gasteiger partial charge in [0.25, 0.3) is 0 Å². The summed E-state index contributed by atoms with van der Waals surface area (Å²) >= 11 is 0. The van der Waals surface area contributed by atoms with Gasteiger partial charge in [0.15, 0.2) is 0 Å². The molecule has 0 N–H and O–H groups in total. The van der Waals surface area contributed by atoms with Crippen LogP contribution in [0.2, 0.25) is 0 Å². The molecule has 0 unspecified atom stereocenters. The van der Waals surface area contributed by atoms with Crippen molar-refractivity contribution in [2.45, 2.75) is 142 Å². The highest BCUT2D eigenvalue weighted by Gasteiger charge is 2.18. The third-order valence-electron chi connectivity index (χ3n) is 9.45. The van der Waals surface area contributed by atoms with E-state index in [0.717, 1.165) is 35.1 Å². The number of likely N-dealkylation sites (N-methyl/N-ethyl adjacent to an activating group) is 2. The van der Waals surface area contributed by atoms with Crippen LogP contribution in [0, 0.1) is 0 Å². The molecule has 0 aromatic heterocycles. The average molecular weight is 647 g/mol. The Bertz CT molecular complexity index is 824. The van der Waals surface area contributed by atoms with E-state index in [1.54, 1.807) is 24.3 Å². The molecule has 0 amide bonds. The minimum atomic E-state index is -0.343. The van der Waals surface area contributed by atoms with Crippen molar-refractivity contribution in [3.05, 3.63) is 35.4 Å². The minimum absolute atomic E-state index is 0.343. The fourth-order valence-electron chi connectivity index (χ4n) is 5.96. The largest absolute Gasteiger partial charge is 0.456 e.